The molecule has 5 nitrogen and oxygen atoms in total. The lowest BCUT2D eigenvalue weighted by atomic mass is 9.97. The lowest BCUT2D eigenvalue weighted by molar-refractivity contribution is -0.138. The van der Waals surface area contributed by atoms with Gasteiger partial charge in [0.1, 0.15) is 5.15 Å². The number of nitrogens with zero attached hydrogens (tertiary/aromatic N) is 3. The SMILES string of the molecule is O=C(c1nc2c(C(F)(F)F)cc(-c3ccoc3)cn2c1Cl)N1CCC(c2ccc(C(F)(F)F)cc2)C1. The number of benzene rings is 1. The van der Waals surface area contributed by atoms with Crippen molar-refractivity contribution in [2.24, 2.45) is 0 Å². The van der Waals surface area contributed by atoms with Gasteiger partial charge in [0, 0.05) is 36.3 Å². The molecule has 36 heavy (non-hydrogen) atoms. The summed E-state index contributed by atoms with van der Waals surface area (Å²) in [4.78, 5) is 18.5. The van der Waals surface area contributed by atoms with E-state index in [4.69, 9.17) is 16.0 Å². The first kappa shape index (κ1) is 24.2. The molecule has 1 saturated heterocycles. The van der Waals surface area contributed by atoms with Crippen molar-refractivity contribution in [2.75, 3.05) is 13.1 Å². The molecule has 5 rings (SSSR count). The Bertz CT molecular complexity index is 1430. The molecule has 1 aliphatic rings. The predicted octanol–water partition coefficient (Wildman–Crippen LogP) is 6.92. The van der Waals surface area contributed by atoms with Gasteiger partial charge < -0.3 is 9.32 Å². The highest BCUT2D eigenvalue weighted by Gasteiger charge is 2.37. The van der Waals surface area contributed by atoms with E-state index in [1.807, 2.05) is 0 Å². The maximum atomic E-state index is 13.8. The Hall–Kier alpha value is -3.47. The lowest BCUT2D eigenvalue weighted by Gasteiger charge is -2.16. The summed E-state index contributed by atoms with van der Waals surface area (Å²) in [5.41, 5.74) is -1.50. The highest BCUT2D eigenvalue weighted by Crippen LogP contribution is 2.38. The second-order valence-electron chi connectivity index (χ2n) is 8.45. The third-order valence-electron chi connectivity index (χ3n) is 6.21. The molecule has 188 valence electrons. The standard InChI is InChI=1S/C24H16ClF6N3O2/c25-20-19(22(35)33-7-5-14(10-33)13-1-3-17(4-2-13)23(26,27)28)32-21-18(24(29,30)31)9-16(11-34(20)21)15-6-8-36-12-15/h1-4,6,8-9,11-12,14H,5,7,10H2. The Kier molecular flexibility index (Phi) is 5.77. The number of furan rings is 1. The first-order valence-electron chi connectivity index (χ1n) is 10.7. The maximum Gasteiger partial charge on any atom is 0.420 e. The topological polar surface area (TPSA) is 50.8 Å². The van der Waals surface area contributed by atoms with Gasteiger partial charge in [-0.3, -0.25) is 9.20 Å². The van der Waals surface area contributed by atoms with Crippen molar-refractivity contribution in [3.63, 3.8) is 0 Å². The third-order valence-corrected chi connectivity index (χ3v) is 6.57. The number of fused-ring (bicyclic) bond motifs is 1. The van der Waals surface area contributed by atoms with E-state index < -0.39 is 35.0 Å². The summed E-state index contributed by atoms with van der Waals surface area (Å²) in [6, 6.07) is 7.10. The molecule has 12 heteroatoms. The molecule has 4 heterocycles. The zero-order valence-electron chi connectivity index (χ0n) is 18.2. The van der Waals surface area contributed by atoms with Crippen LogP contribution in [0.3, 0.4) is 0 Å². The van der Waals surface area contributed by atoms with E-state index in [-0.39, 0.29) is 35.4 Å². The Morgan fingerprint density at radius 1 is 1.03 bits per heavy atom. The molecule has 4 aromatic rings. The maximum absolute atomic E-state index is 13.8. The Balaban J connectivity index is 1.45. The predicted molar refractivity (Wildman–Crippen MR) is 118 cm³/mol. The Labute approximate surface area is 204 Å². The number of likely N-dealkylation sites (tertiary alicyclic amines) is 1. The summed E-state index contributed by atoms with van der Waals surface area (Å²) < 4.78 is 86.0. The molecule has 0 spiro atoms. The van der Waals surface area contributed by atoms with Crippen molar-refractivity contribution in [1.29, 1.82) is 0 Å². The second kappa shape index (κ2) is 8.58. The van der Waals surface area contributed by atoms with Crippen molar-refractivity contribution >= 4 is 23.2 Å². The minimum atomic E-state index is -4.77. The molecule has 1 unspecified atom stereocenters. The number of alkyl halides is 6. The summed E-state index contributed by atoms with van der Waals surface area (Å²) in [6.07, 6.45) is -4.81. The number of carbonyl (C=O) groups excluding carboxylic acids is 1. The van der Waals surface area contributed by atoms with Gasteiger partial charge in [0.2, 0.25) is 0 Å². The van der Waals surface area contributed by atoms with Gasteiger partial charge in [0.25, 0.3) is 5.91 Å². The molecule has 0 saturated carbocycles. The van der Waals surface area contributed by atoms with E-state index >= 15 is 0 Å². The lowest BCUT2D eigenvalue weighted by Crippen LogP contribution is -2.29. The third kappa shape index (κ3) is 4.32. The van der Waals surface area contributed by atoms with Crippen molar-refractivity contribution < 1.29 is 35.6 Å². The number of carbonyl (C=O) groups is 1. The summed E-state index contributed by atoms with van der Waals surface area (Å²) >= 11 is 6.36. The van der Waals surface area contributed by atoms with Gasteiger partial charge in [0.05, 0.1) is 23.7 Å². The van der Waals surface area contributed by atoms with E-state index in [1.54, 1.807) is 0 Å². The van der Waals surface area contributed by atoms with Crippen molar-refractivity contribution in [2.45, 2.75) is 24.7 Å². The number of amides is 1. The van der Waals surface area contributed by atoms with E-state index in [9.17, 15) is 31.1 Å². The van der Waals surface area contributed by atoms with E-state index in [1.165, 1.54) is 41.8 Å². The molecule has 1 aromatic carbocycles. The molecule has 1 amide bonds. The molecule has 0 aliphatic carbocycles. The van der Waals surface area contributed by atoms with Gasteiger partial charge in [0.15, 0.2) is 11.3 Å². The number of imidazole rings is 1. The second-order valence-corrected chi connectivity index (χ2v) is 8.81. The molecular weight excluding hydrogens is 512 g/mol. The van der Waals surface area contributed by atoms with Crippen LogP contribution in [-0.4, -0.2) is 33.3 Å². The Morgan fingerprint density at radius 2 is 1.75 bits per heavy atom. The number of pyridine rings is 1. The summed E-state index contributed by atoms with van der Waals surface area (Å²) in [6.45, 7) is 0.419. The van der Waals surface area contributed by atoms with Crippen molar-refractivity contribution in [3.8, 4) is 11.1 Å². The summed E-state index contributed by atoms with van der Waals surface area (Å²) in [5.74, 6) is -0.887. The van der Waals surface area contributed by atoms with Crippen LogP contribution in [0.4, 0.5) is 26.3 Å². The quantitative estimate of drug-likeness (QED) is 0.272. The number of hydrogen-bond acceptors (Lipinski definition) is 3. The van der Waals surface area contributed by atoms with Crippen LogP contribution in [-0.2, 0) is 12.4 Å². The summed E-state index contributed by atoms with van der Waals surface area (Å²) in [7, 11) is 0. The van der Waals surface area contributed by atoms with E-state index in [0.717, 1.165) is 22.6 Å². The van der Waals surface area contributed by atoms with Crippen molar-refractivity contribution in [1.82, 2.24) is 14.3 Å². The fourth-order valence-corrected chi connectivity index (χ4v) is 4.61. The number of aromatic nitrogens is 2. The monoisotopic (exact) mass is 527 g/mol. The van der Waals surface area contributed by atoms with Gasteiger partial charge in [-0.05, 0) is 36.2 Å². The largest absolute Gasteiger partial charge is 0.472 e. The van der Waals surface area contributed by atoms with Crippen LogP contribution in [0.1, 0.15) is 39.5 Å². The fraction of sp³-hybridized carbons (Fsp3) is 0.250. The molecule has 1 fully saturated rings. The highest BCUT2D eigenvalue weighted by molar-refractivity contribution is 6.33. The van der Waals surface area contributed by atoms with E-state index in [0.29, 0.717) is 17.5 Å². The molecule has 0 radical (unpaired) electrons. The molecular formula is C24H16ClF6N3O2. The molecule has 3 aromatic heterocycles. The minimum absolute atomic E-state index is 0.167. The van der Waals surface area contributed by atoms with E-state index in [2.05, 4.69) is 4.98 Å². The first-order valence-corrected chi connectivity index (χ1v) is 11.1. The average Bonchev–Trinajstić information content (AvgIpc) is 3.58. The van der Waals surface area contributed by atoms with Crippen molar-refractivity contribution in [3.05, 3.63) is 82.7 Å². The zero-order valence-corrected chi connectivity index (χ0v) is 19.0. The van der Waals surface area contributed by atoms with Crippen LogP contribution >= 0.6 is 11.6 Å². The smallest absolute Gasteiger partial charge is 0.420 e. The van der Waals surface area contributed by atoms with Crippen LogP contribution in [0.2, 0.25) is 5.15 Å². The number of halogens is 7. The Morgan fingerprint density at radius 3 is 2.36 bits per heavy atom. The van der Waals surface area contributed by atoms with Gasteiger partial charge >= 0.3 is 12.4 Å². The summed E-state index contributed by atoms with van der Waals surface area (Å²) in [5, 5.41) is -0.274. The minimum Gasteiger partial charge on any atom is -0.472 e. The van der Waals surface area contributed by atoms with Crippen LogP contribution in [0.5, 0.6) is 0 Å². The number of rotatable bonds is 3. The normalized spacial score (nSPS) is 16.8. The molecule has 1 aliphatic heterocycles. The van der Waals surface area contributed by atoms with Gasteiger partial charge in [-0.1, -0.05) is 23.7 Å². The van der Waals surface area contributed by atoms with Crippen LogP contribution in [0.15, 0.2) is 59.5 Å². The van der Waals surface area contributed by atoms with Gasteiger partial charge in [-0.2, -0.15) is 26.3 Å². The number of hydrogen-bond donors (Lipinski definition) is 0. The molecule has 0 N–H and O–H groups in total. The van der Waals surface area contributed by atoms with Crippen LogP contribution in [0.25, 0.3) is 16.8 Å². The molecule has 0 bridgehead atoms. The fourth-order valence-electron chi connectivity index (χ4n) is 4.36. The van der Waals surface area contributed by atoms with Crippen LogP contribution in [0, 0.1) is 0 Å². The van der Waals surface area contributed by atoms with Gasteiger partial charge in [-0.15, -0.1) is 0 Å². The zero-order chi connectivity index (χ0) is 25.8. The highest BCUT2D eigenvalue weighted by atomic mass is 35.5. The van der Waals surface area contributed by atoms with Gasteiger partial charge in [-0.25, -0.2) is 4.98 Å². The van der Waals surface area contributed by atoms with Crippen LogP contribution < -0.4 is 0 Å². The first-order chi connectivity index (χ1) is 16.9. The molecule has 1 atom stereocenters. The average molecular weight is 528 g/mol.